The summed E-state index contributed by atoms with van der Waals surface area (Å²) in [6.45, 7) is 3.34. The molecule has 0 aliphatic rings. The van der Waals surface area contributed by atoms with Crippen molar-refractivity contribution in [2.45, 2.75) is 13.3 Å². The van der Waals surface area contributed by atoms with Crippen LogP contribution in [0, 0.1) is 6.92 Å². The number of hydrogen-bond acceptors (Lipinski definition) is 3. The first-order chi connectivity index (χ1) is 8.31. The molecular weight excluding hydrogens is 214 g/mol. The van der Waals surface area contributed by atoms with Gasteiger partial charge in [0.15, 0.2) is 5.75 Å². The van der Waals surface area contributed by atoms with Crippen LogP contribution < -0.4 is 10.5 Å². The largest absolute Gasteiger partial charge is 0.490 e. The number of rotatable bonds is 5. The Morgan fingerprint density at radius 1 is 1.35 bits per heavy atom. The summed E-state index contributed by atoms with van der Waals surface area (Å²) in [6.07, 6.45) is 4.47. The third-order valence-electron chi connectivity index (χ3n) is 2.54. The average molecular weight is 231 g/mol. The predicted molar refractivity (Wildman–Crippen MR) is 67.5 cm³/mol. The van der Waals surface area contributed by atoms with Crippen molar-refractivity contribution in [2.75, 3.05) is 13.2 Å². The van der Waals surface area contributed by atoms with Crippen LogP contribution in [0.3, 0.4) is 0 Å². The highest BCUT2D eigenvalue weighted by Gasteiger charge is 2.03. The lowest BCUT2D eigenvalue weighted by atomic mass is 10.2. The van der Waals surface area contributed by atoms with Crippen LogP contribution in [0.5, 0.6) is 5.75 Å². The Labute approximate surface area is 101 Å². The Hall–Kier alpha value is -1.81. The number of aromatic nitrogens is 2. The van der Waals surface area contributed by atoms with Gasteiger partial charge in [0.25, 0.3) is 0 Å². The van der Waals surface area contributed by atoms with Crippen LogP contribution in [0.25, 0.3) is 5.69 Å². The molecule has 0 fully saturated rings. The summed E-state index contributed by atoms with van der Waals surface area (Å²) in [7, 11) is 0. The van der Waals surface area contributed by atoms with E-state index in [0.717, 1.165) is 17.9 Å². The smallest absolute Gasteiger partial charge is 0.157 e. The molecule has 0 bridgehead atoms. The van der Waals surface area contributed by atoms with Gasteiger partial charge in [-0.1, -0.05) is 18.2 Å². The molecule has 0 spiro atoms. The van der Waals surface area contributed by atoms with Gasteiger partial charge in [-0.05, 0) is 31.5 Å². The van der Waals surface area contributed by atoms with Gasteiger partial charge in [0, 0.05) is 0 Å². The number of benzene rings is 1. The maximum Gasteiger partial charge on any atom is 0.157 e. The highest BCUT2D eigenvalue weighted by Crippen LogP contribution is 2.16. The fraction of sp³-hybridized carbons (Fsp3) is 0.308. The molecule has 0 amide bonds. The Bertz CT molecular complexity index is 479. The minimum atomic E-state index is 0.635. The van der Waals surface area contributed by atoms with Crippen LogP contribution in [-0.4, -0.2) is 22.9 Å². The zero-order valence-corrected chi connectivity index (χ0v) is 9.97. The summed E-state index contributed by atoms with van der Waals surface area (Å²) in [5.74, 6) is 0.779. The lowest BCUT2D eigenvalue weighted by Crippen LogP contribution is -2.05. The topological polar surface area (TPSA) is 53.1 Å². The lowest BCUT2D eigenvalue weighted by molar-refractivity contribution is 0.313. The van der Waals surface area contributed by atoms with Crippen molar-refractivity contribution < 1.29 is 4.74 Å². The SMILES string of the molecule is Cc1ccccc1-n1cc(OCCCN)cn1. The minimum absolute atomic E-state index is 0.635. The molecule has 0 saturated carbocycles. The molecule has 2 N–H and O–H groups in total. The van der Waals surface area contributed by atoms with E-state index < -0.39 is 0 Å². The van der Waals surface area contributed by atoms with Crippen LogP contribution in [0.1, 0.15) is 12.0 Å². The number of nitrogens with zero attached hydrogens (tertiary/aromatic N) is 2. The van der Waals surface area contributed by atoms with Gasteiger partial charge in [-0.25, -0.2) is 4.68 Å². The van der Waals surface area contributed by atoms with Gasteiger partial charge in [-0.3, -0.25) is 0 Å². The summed E-state index contributed by atoms with van der Waals surface area (Å²) in [6, 6.07) is 8.11. The van der Waals surface area contributed by atoms with E-state index in [1.165, 1.54) is 5.56 Å². The van der Waals surface area contributed by atoms with Crippen molar-refractivity contribution >= 4 is 0 Å². The van der Waals surface area contributed by atoms with Crippen LogP contribution in [0.15, 0.2) is 36.7 Å². The van der Waals surface area contributed by atoms with Crippen LogP contribution in [-0.2, 0) is 0 Å². The van der Waals surface area contributed by atoms with Gasteiger partial charge in [-0.15, -0.1) is 0 Å². The van der Waals surface area contributed by atoms with Crippen molar-refractivity contribution in [1.82, 2.24) is 9.78 Å². The summed E-state index contributed by atoms with van der Waals surface area (Å²) in [5.41, 5.74) is 7.66. The molecule has 0 aliphatic heterocycles. The first-order valence-corrected chi connectivity index (χ1v) is 5.75. The quantitative estimate of drug-likeness (QED) is 0.800. The van der Waals surface area contributed by atoms with Crippen molar-refractivity contribution in [3.8, 4) is 11.4 Å². The summed E-state index contributed by atoms with van der Waals surface area (Å²) < 4.78 is 7.35. The average Bonchev–Trinajstić information content (AvgIpc) is 2.79. The van der Waals surface area contributed by atoms with Crippen molar-refractivity contribution in [3.05, 3.63) is 42.2 Å². The molecule has 90 valence electrons. The Kier molecular flexibility index (Phi) is 3.77. The van der Waals surface area contributed by atoms with Crippen molar-refractivity contribution in [1.29, 1.82) is 0 Å². The zero-order chi connectivity index (χ0) is 12.1. The van der Waals surface area contributed by atoms with Gasteiger partial charge < -0.3 is 10.5 Å². The maximum absolute atomic E-state index is 5.53. The van der Waals surface area contributed by atoms with E-state index in [4.69, 9.17) is 10.5 Å². The zero-order valence-electron chi connectivity index (χ0n) is 9.97. The normalized spacial score (nSPS) is 10.5. The molecule has 0 radical (unpaired) electrons. The molecule has 0 aliphatic carbocycles. The van der Waals surface area contributed by atoms with E-state index in [9.17, 15) is 0 Å². The third-order valence-corrected chi connectivity index (χ3v) is 2.54. The number of hydrogen-bond donors (Lipinski definition) is 1. The first kappa shape index (κ1) is 11.7. The molecule has 2 rings (SSSR count). The van der Waals surface area contributed by atoms with Gasteiger partial charge >= 0.3 is 0 Å². The Morgan fingerprint density at radius 3 is 2.94 bits per heavy atom. The summed E-state index contributed by atoms with van der Waals surface area (Å²) in [4.78, 5) is 0. The summed E-state index contributed by atoms with van der Waals surface area (Å²) in [5, 5.41) is 4.29. The van der Waals surface area contributed by atoms with E-state index in [-0.39, 0.29) is 0 Å². The van der Waals surface area contributed by atoms with E-state index >= 15 is 0 Å². The second kappa shape index (κ2) is 5.50. The van der Waals surface area contributed by atoms with E-state index in [2.05, 4.69) is 18.1 Å². The molecule has 1 heterocycles. The molecule has 0 unspecified atom stereocenters. The molecule has 4 nitrogen and oxygen atoms in total. The fourth-order valence-corrected chi connectivity index (χ4v) is 1.61. The molecule has 4 heteroatoms. The highest BCUT2D eigenvalue weighted by molar-refractivity contribution is 5.40. The predicted octanol–water partition coefficient (Wildman–Crippen LogP) is 1.91. The number of ether oxygens (including phenoxy) is 1. The Balaban J connectivity index is 2.10. The second-order valence-corrected chi connectivity index (χ2v) is 3.90. The molecule has 2 aromatic rings. The van der Waals surface area contributed by atoms with Crippen LogP contribution >= 0.6 is 0 Å². The molecule has 1 aromatic carbocycles. The van der Waals surface area contributed by atoms with Gasteiger partial charge in [0.1, 0.15) is 0 Å². The number of para-hydroxylation sites is 1. The minimum Gasteiger partial charge on any atom is -0.490 e. The van der Waals surface area contributed by atoms with Gasteiger partial charge in [0.05, 0.1) is 24.7 Å². The van der Waals surface area contributed by atoms with Crippen molar-refractivity contribution in [2.24, 2.45) is 5.73 Å². The first-order valence-electron chi connectivity index (χ1n) is 5.75. The molecule has 17 heavy (non-hydrogen) atoms. The monoisotopic (exact) mass is 231 g/mol. The molecular formula is C13H17N3O. The summed E-state index contributed by atoms with van der Waals surface area (Å²) >= 11 is 0. The maximum atomic E-state index is 5.53. The fourth-order valence-electron chi connectivity index (χ4n) is 1.61. The van der Waals surface area contributed by atoms with Crippen molar-refractivity contribution in [3.63, 3.8) is 0 Å². The molecule has 0 atom stereocenters. The van der Waals surface area contributed by atoms with E-state index in [1.807, 2.05) is 29.1 Å². The lowest BCUT2D eigenvalue weighted by Gasteiger charge is -2.04. The van der Waals surface area contributed by atoms with Crippen LogP contribution in [0.2, 0.25) is 0 Å². The Morgan fingerprint density at radius 2 is 2.18 bits per heavy atom. The van der Waals surface area contributed by atoms with E-state index in [0.29, 0.717) is 13.2 Å². The van der Waals surface area contributed by atoms with Gasteiger partial charge in [-0.2, -0.15) is 5.10 Å². The molecule has 1 aromatic heterocycles. The number of aryl methyl sites for hydroxylation is 1. The second-order valence-electron chi connectivity index (χ2n) is 3.90. The third kappa shape index (κ3) is 2.85. The highest BCUT2D eigenvalue weighted by atomic mass is 16.5. The molecule has 0 saturated heterocycles. The van der Waals surface area contributed by atoms with Gasteiger partial charge in [0.2, 0.25) is 0 Å². The van der Waals surface area contributed by atoms with Crippen LogP contribution in [0.4, 0.5) is 0 Å². The van der Waals surface area contributed by atoms with E-state index in [1.54, 1.807) is 6.20 Å². The number of nitrogens with two attached hydrogens (primary N) is 1. The standard InChI is InChI=1S/C13H17N3O/c1-11-5-2-3-6-13(11)16-10-12(9-15-16)17-8-4-7-14/h2-3,5-6,9-10H,4,7-8,14H2,1H3.